The zero-order valence-corrected chi connectivity index (χ0v) is 18.5. The zero-order valence-electron chi connectivity index (χ0n) is 18.5. The van der Waals surface area contributed by atoms with E-state index in [0.29, 0.717) is 6.54 Å². The Morgan fingerprint density at radius 2 is 1.73 bits per heavy atom. The molecule has 0 atom stereocenters. The smallest absolute Gasteiger partial charge is 0.309 e. The molecule has 4 rings (SSSR count). The van der Waals surface area contributed by atoms with Crippen LogP contribution in [0.1, 0.15) is 18.4 Å². The number of aryl methyl sites for hydroxylation is 1. The number of benzene rings is 2. The van der Waals surface area contributed by atoms with Crippen molar-refractivity contribution in [3.05, 3.63) is 86.6 Å². The minimum Gasteiger partial charge on any atom is -0.309 e. The van der Waals surface area contributed by atoms with Crippen LogP contribution in [0.4, 0.5) is 8.78 Å². The number of hydrogen-bond donors (Lipinski definition) is 1. The van der Waals surface area contributed by atoms with Gasteiger partial charge in [0.1, 0.15) is 11.6 Å². The van der Waals surface area contributed by atoms with E-state index >= 15 is 0 Å². The molecule has 2 aromatic heterocycles. The highest BCUT2D eigenvalue weighted by molar-refractivity contribution is 5.76. The Morgan fingerprint density at radius 1 is 0.970 bits per heavy atom. The third kappa shape index (κ3) is 5.25. The summed E-state index contributed by atoms with van der Waals surface area (Å²) in [5.74, 6) is -1.43. The molecule has 0 aliphatic rings. The summed E-state index contributed by atoms with van der Waals surface area (Å²) in [4.78, 5) is 29.8. The number of fused-ring (bicyclic) bond motifs is 1. The Balaban J connectivity index is 1.62. The Morgan fingerprint density at radius 3 is 2.45 bits per heavy atom. The zero-order chi connectivity index (χ0) is 23.5. The summed E-state index contributed by atoms with van der Waals surface area (Å²) in [7, 11) is 4.03. The summed E-state index contributed by atoms with van der Waals surface area (Å²) >= 11 is 0. The van der Waals surface area contributed by atoms with Gasteiger partial charge in [-0.3, -0.25) is 9.36 Å². The van der Waals surface area contributed by atoms with Crippen molar-refractivity contribution < 1.29 is 8.78 Å². The largest absolute Gasteiger partial charge is 0.326 e. The van der Waals surface area contributed by atoms with Gasteiger partial charge in [-0.15, -0.1) is 0 Å². The first kappa shape index (κ1) is 22.6. The first-order valence-corrected chi connectivity index (χ1v) is 10.7. The van der Waals surface area contributed by atoms with E-state index in [2.05, 4.69) is 15.0 Å². The Bertz CT molecular complexity index is 1380. The van der Waals surface area contributed by atoms with E-state index in [1.807, 2.05) is 26.2 Å². The lowest BCUT2D eigenvalue weighted by molar-refractivity contribution is 0.388. The molecular weight excluding hydrogens is 428 g/mol. The minimum atomic E-state index is -0.717. The minimum absolute atomic E-state index is 0.153. The van der Waals surface area contributed by atoms with Crippen molar-refractivity contribution in [2.24, 2.45) is 0 Å². The summed E-state index contributed by atoms with van der Waals surface area (Å²) in [6, 6.07) is 11.4. The number of nitrogens with zero attached hydrogens (tertiary/aromatic N) is 4. The fraction of sp³-hybridized carbons (Fsp3) is 0.292. The monoisotopic (exact) mass is 453 g/mol. The van der Waals surface area contributed by atoms with Crippen molar-refractivity contribution >= 4 is 11.0 Å². The van der Waals surface area contributed by atoms with Gasteiger partial charge in [0, 0.05) is 24.2 Å². The molecule has 0 fully saturated rings. The quantitative estimate of drug-likeness (QED) is 0.416. The van der Waals surface area contributed by atoms with Crippen LogP contribution in [0.3, 0.4) is 0 Å². The van der Waals surface area contributed by atoms with E-state index in [1.54, 1.807) is 10.6 Å². The fourth-order valence-electron chi connectivity index (χ4n) is 3.81. The third-order valence-corrected chi connectivity index (χ3v) is 5.43. The van der Waals surface area contributed by atoms with Crippen molar-refractivity contribution in [3.8, 4) is 11.3 Å². The molecule has 4 aromatic rings. The summed E-state index contributed by atoms with van der Waals surface area (Å²) in [6.07, 6.45) is 1.83. The van der Waals surface area contributed by atoms with E-state index in [-0.39, 0.29) is 29.1 Å². The molecule has 0 radical (unpaired) electrons. The maximum absolute atomic E-state index is 13.6. The van der Waals surface area contributed by atoms with Gasteiger partial charge in [-0.25, -0.2) is 18.3 Å². The van der Waals surface area contributed by atoms with Crippen LogP contribution in [-0.4, -0.2) is 44.9 Å². The van der Waals surface area contributed by atoms with Gasteiger partial charge in [-0.1, -0.05) is 6.07 Å². The molecular formula is C24H25F2N5O2. The van der Waals surface area contributed by atoms with Gasteiger partial charge in [0.15, 0.2) is 0 Å². The highest BCUT2D eigenvalue weighted by Crippen LogP contribution is 2.19. The molecule has 0 saturated carbocycles. The van der Waals surface area contributed by atoms with Crippen molar-refractivity contribution in [1.82, 2.24) is 24.2 Å². The van der Waals surface area contributed by atoms with E-state index in [0.717, 1.165) is 42.0 Å². The van der Waals surface area contributed by atoms with E-state index < -0.39 is 11.6 Å². The van der Waals surface area contributed by atoms with E-state index in [4.69, 9.17) is 0 Å². The molecule has 2 aromatic carbocycles. The number of unbranched alkanes of at least 4 members (excludes halogenated alkanes) is 1. The molecule has 0 aliphatic carbocycles. The number of nitrogens with one attached hydrogen (secondary N) is 1. The Labute approximate surface area is 188 Å². The summed E-state index contributed by atoms with van der Waals surface area (Å²) < 4.78 is 30.2. The lowest BCUT2D eigenvalue weighted by atomic mass is 10.1. The molecule has 7 nitrogen and oxygen atoms in total. The van der Waals surface area contributed by atoms with Gasteiger partial charge >= 0.3 is 5.69 Å². The van der Waals surface area contributed by atoms with Crippen LogP contribution < -0.4 is 11.2 Å². The van der Waals surface area contributed by atoms with Crippen molar-refractivity contribution in [3.63, 3.8) is 0 Å². The molecule has 0 amide bonds. The highest BCUT2D eigenvalue weighted by atomic mass is 19.1. The fourth-order valence-corrected chi connectivity index (χ4v) is 3.81. The van der Waals surface area contributed by atoms with Gasteiger partial charge in [0.25, 0.3) is 5.56 Å². The lowest BCUT2D eigenvalue weighted by Crippen LogP contribution is -2.23. The van der Waals surface area contributed by atoms with E-state index in [1.165, 1.54) is 28.9 Å². The number of hydrogen-bond acceptors (Lipinski definition) is 4. The van der Waals surface area contributed by atoms with Gasteiger partial charge in [-0.2, -0.15) is 5.10 Å². The summed E-state index contributed by atoms with van der Waals surface area (Å²) in [5.41, 5.74) is 2.28. The van der Waals surface area contributed by atoms with Crippen molar-refractivity contribution in [2.75, 3.05) is 20.6 Å². The van der Waals surface area contributed by atoms with Crippen LogP contribution in [0.2, 0.25) is 0 Å². The Kier molecular flexibility index (Phi) is 6.50. The number of halogens is 2. The van der Waals surface area contributed by atoms with Crippen molar-refractivity contribution in [1.29, 1.82) is 0 Å². The highest BCUT2D eigenvalue weighted by Gasteiger charge is 2.11. The summed E-state index contributed by atoms with van der Waals surface area (Å²) in [5, 5.41) is 4.29. The predicted octanol–water partition coefficient (Wildman–Crippen LogP) is 3.22. The second-order valence-electron chi connectivity index (χ2n) is 8.32. The van der Waals surface area contributed by atoms with E-state index in [9.17, 15) is 18.4 Å². The molecule has 0 bridgehead atoms. The molecule has 0 spiro atoms. The number of aromatic amines is 1. The topological polar surface area (TPSA) is 75.9 Å². The van der Waals surface area contributed by atoms with Crippen LogP contribution in [-0.2, 0) is 13.1 Å². The molecule has 0 unspecified atom stereocenters. The lowest BCUT2D eigenvalue weighted by Gasteiger charge is -2.10. The number of aromatic nitrogens is 4. The number of imidazole rings is 1. The molecule has 0 aliphatic heterocycles. The second kappa shape index (κ2) is 9.50. The maximum Gasteiger partial charge on any atom is 0.326 e. The standard InChI is InChI=1S/C24H25F2N5O2/c1-29(2)9-3-4-10-30-22-11-16(5-6-21(22)27-24(30)33)15-31-23(32)8-7-20(28-31)17-12-18(25)14-19(26)13-17/h5-8,11-14H,3-4,9-10,15H2,1-2H3,(H,27,33). The molecule has 9 heteroatoms. The van der Waals surface area contributed by atoms with Gasteiger partial charge in [0.05, 0.1) is 23.3 Å². The average Bonchev–Trinajstić information content (AvgIpc) is 3.06. The van der Waals surface area contributed by atoms with Gasteiger partial charge in [-0.05, 0) is 69.4 Å². The predicted molar refractivity (Wildman–Crippen MR) is 123 cm³/mol. The average molecular weight is 453 g/mol. The Hall–Kier alpha value is -3.59. The summed E-state index contributed by atoms with van der Waals surface area (Å²) in [6.45, 7) is 1.69. The second-order valence-corrected chi connectivity index (χ2v) is 8.32. The van der Waals surface area contributed by atoms with Gasteiger partial charge in [0.2, 0.25) is 0 Å². The van der Waals surface area contributed by atoms with Crippen LogP contribution in [0.5, 0.6) is 0 Å². The number of H-pyrrole nitrogens is 1. The van der Waals surface area contributed by atoms with Crippen LogP contribution >= 0.6 is 0 Å². The van der Waals surface area contributed by atoms with Crippen LogP contribution in [0, 0.1) is 11.6 Å². The molecule has 0 saturated heterocycles. The molecule has 2 heterocycles. The number of rotatable bonds is 8. The molecule has 1 N–H and O–H groups in total. The first-order valence-electron chi connectivity index (χ1n) is 10.7. The normalized spacial score (nSPS) is 11.5. The van der Waals surface area contributed by atoms with Crippen molar-refractivity contribution in [2.45, 2.75) is 25.9 Å². The molecule has 33 heavy (non-hydrogen) atoms. The van der Waals surface area contributed by atoms with Gasteiger partial charge < -0.3 is 9.88 Å². The van der Waals surface area contributed by atoms with Crippen LogP contribution in [0.25, 0.3) is 22.3 Å². The first-order chi connectivity index (χ1) is 15.8. The molecule has 172 valence electrons. The van der Waals surface area contributed by atoms with Crippen LogP contribution in [0.15, 0.2) is 58.1 Å². The third-order valence-electron chi connectivity index (χ3n) is 5.43. The maximum atomic E-state index is 13.6. The SMILES string of the molecule is CN(C)CCCCn1c(=O)[nH]c2ccc(Cn3nc(-c4cc(F)cc(F)c4)ccc3=O)cc21.